The van der Waals surface area contributed by atoms with Crippen molar-refractivity contribution in [2.75, 3.05) is 12.3 Å². The molecule has 2 rings (SSSR count). The molecule has 1 heterocycles. The van der Waals surface area contributed by atoms with Crippen molar-refractivity contribution in [3.05, 3.63) is 34.6 Å². The molecule has 1 aromatic carbocycles. The van der Waals surface area contributed by atoms with Gasteiger partial charge >= 0.3 is 0 Å². The molecule has 1 atom stereocenters. The zero-order valence-electron chi connectivity index (χ0n) is 9.45. The first-order valence-corrected chi connectivity index (χ1v) is 6.86. The molecule has 1 unspecified atom stereocenters. The van der Waals surface area contributed by atoms with Gasteiger partial charge in [0.2, 0.25) is 5.91 Å². The van der Waals surface area contributed by atoms with Crippen LogP contribution in [-0.4, -0.2) is 28.5 Å². The van der Waals surface area contributed by atoms with E-state index in [0.717, 1.165) is 12.3 Å². The highest BCUT2D eigenvalue weighted by molar-refractivity contribution is 8.00. The summed E-state index contributed by atoms with van der Waals surface area (Å²) in [5.41, 5.74) is 0.295. The van der Waals surface area contributed by atoms with E-state index >= 15 is 0 Å². The lowest BCUT2D eigenvalue weighted by Crippen LogP contribution is -2.34. The third-order valence-corrected chi connectivity index (χ3v) is 4.35. The molecule has 5 heteroatoms. The molecule has 0 saturated carbocycles. The molecule has 0 aromatic heterocycles. The summed E-state index contributed by atoms with van der Waals surface area (Å²) in [6.45, 7) is 2.72. The molecule has 92 valence electrons. The number of thioether (sulfide) groups is 1. The number of rotatable bonds is 2. The average Bonchev–Trinajstić information content (AvgIpc) is 2.70. The van der Waals surface area contributed by atoms with E-state index in [2.05, 4.69) is 0 Å². The second-order valence-corrected chi connectivity index (χ2v) is 5.77. The summed E-state index contributed by atoms with van der Waals surface area (Å²) in [4.78, 5) is 13.8. The molecule has 0 radical (unpaired) electrons. The molecular formula is C12H13ClFNOS. The van der Waals surface area contributed by atoms with Crippen molar-refractivity contribution in [1.29, 1.82) is 0 Å². The van der Waals surface area contributed by atoms with Gasteiger partial charge in [0.1, 0.15) is 5.82 Å². The highest BCUT2D eigenvalue weighted by Gasteiger charge is 2.26. The minimum Gasteiger partial charge on any atom is -0.330 e. The van der Waals surface area contributed by atoms with Crippen LogP contribution in [0.2, 0.25) is 5.02 Å². The van der Waals surface area contributed by atoms with Gasteiger partial charge in [0, 0.05) is 22.9 Å². The first-order chi connectivity index (χ1) is 8.09. The molecule has 0 spiro atoms. The minimum atomic E-state index is -0.412. The Hall–Kier alpha value is -0.740. The Balaban J connectivity index is 2.13. The Morgan fingerprint density at radius 2 is 2.41 bits per heavy atom. The number of hydrogen-bond acceptors (Lipinski definition) is 2. The lowest BCUT2D eigenvalue weighted by Gasteiger charge is -2.20. The third kappa shape index (κ3) is 2.75. The Kier molecular flexibility index (Phi) is 3.94. The summed E-state index contributed by atoms with van der Waals surface area (Å²) in [6.07, 6.45) is 0.0381. The molecule has 1 aromatic rings. The Morgan fingerprint density at radius 1 is 1.65 bits per heavy atom. The minimum absolute atomic E-state index is 0.0381. The summed E-state index contributed by atoms with van der Waals surface area (Å²) in [7, 11) is 0. The van der Waals surface area contributed by atoms with Crippen LogP contribution in [0.25, 0.3) is 0 Å². The third-order valence-electron chi connectivity index (χ3n) is 2.84. The zero-order valence-corrected chi connectivity index (χ0v) is 11.0. The second-order valence-electron chi connectivity index (χ2n) is 3.93. The van der Waals surface area contributed by atoms with Gasteiger partial charge in [0.05, 0.1) is 11.8 Å². The fourth-order valence-corrected chi connectivity index (χ4v) is 3.15. The maximum absolute atomic E-state index is 13.5. The van der Waals surface area contributed by atoms with Crippen LogP contribution in [-0.2, 0) is 11.2 Å². The Labute approximate surface area is 109 Å². The topological polar surface area (TPSA) is 20.3 Å². The predicted octanol–water partition coefficient (Wildman–Crippen LogP) is 2.94. The van der Waals surface area contributed by atoms with Crippen LogP contribution in [0.15, 0.2) is 18.2 Å². The Morgan fingerprint density at radius 3 is 3.00 bits per heavy atom. The van der Waals surface area contributed by atoms with Gasteiger partial charge in [-0.2, -0.15) is 0 Å². The van der Waals surface area contributed by atoms with Gasteiger partial charge in [-0.3, -0.25) is 4.79 Å². The first-order valence-electron chi connectivity index (χ1n) is 5.43. The van der Waals surface area contributed by atoms with E-state index < -0.39 is 5.82 Å². The molecule has 1 amide bonds. The standard InChI is InChI=1S/C12H13ClFNOS/c1-8-15(5-6-17-8)12(16)7-9-10(13)3-2-4-11(9)14/h2-4,8H,5-7H2,1H3. The predicted molar refractivity (Wildman–Crippen MR) is 68.7 cm³/mol. The summed E-state index contributed by atoms with van der Waals surface area (Å²) in [5.74, 6) is 0.470. The van der Waals surface area contributed by atoms with Crippen LogP contribution in [0.4, 0.5) is 4.39 Å². The second kappa shape index (κ2) is 5.27. The van der Waals surface area contributed by atoms with E-state index in [1.165, 1.54) is 6.07 Å². The van der Waals surface area contributed by atoms with Gasteiger partial charge in [0.15, 0.2) is 0 Å². The number of nitrogens with zero attached hydrogens (tertiary/aromatic N) is 1. The van der Waals surface area contributed by atoms with E-state index in [-0.39, 0.29) is 17.7 Å². The smallest absolute Gasteiger partial charge is 0.228 e. The summed E-state index contributed by atoms with van der Waals surface area (Å²) >= 11 is 7.63. The van der Waals surface area contributed by atoms with Crippen molar-refractivity contribution in [3.8, 4) is 0 Å². The van der Waals surface area contributed by atoms with E-state index in [1.807, 2.05) is 6.92 Å². The summed E-state index contributed by atoms with van der Waals surface area (Å²) in [5, 5.41) is 0.492. The quantitative estimate of drug-likeness (QED) is 0.826. The number of benzene rings is 1. The van der Waals surface area contributed by atoms with Gasteiger partial charge in [0.25, 0.3) is 0 Å². The van der Waals surface area contributed by atoms with Crippen molar-refractivity contribution >= 4 is 29.3 Å². The van der Waals surface area contributed by atoms with Crippen molar-refractivity contribution in [1.82, 2.24) is 4.90 Å². The SMILES string of the molecule is CC1SCCN1C(=O)Cc1c(F)cccc1Cl. The molecule has 0 N–H and O–H groups in total. The van der Waals surface area contributed by atoms with Crippen LogP contribution >= 0.6 is 23.4 Å². The highest BCUT2D eigenvalue weighted by Crippen LogP contribution is 2.25. The molecule has 2 nitrogen and oxygen atoms in total. The van der Waals surface area contributed by atoms with Crippen LogP contribution in [0.1, 0.15) is 12.5 Å². The number of halogens is 2. The molecule has 1 fully saturated rings. The molecular weight excluding hydrogens is 261 g/mol. The van der Waals surface area contributed by atoms with Gasteiger partial charge in [-0.15, -0.1) is 11.8 Å². The Bertz CT molecular complexity index is 420. The van der Waals surface area contributed by atoms with E-state index in [9.17, 15) is 9.18 Å². The molecule has 0 aliphatic carbocycles. The van der Waals surface area contributed by atoms with Crippen LogP contribution in [0.5, 0.6) is 0 Å². The van der Waals surface area contributed by atoms with Crippen molar-refractivity contribution in [2.45, 2.75) is 18.7 Å². The maximum atomic E-state index is 13.5. The zero-order chi connectivity index (χ0) is 12.4. The maximum Gasteiger partial charge on any atom is 0.228 e. The normalized spacial score (nSPS) is 19.7. The summed E-state index contributed by atoms with van der Waals surface area (Å²) in [6, 6.07) is 4.48. The first kappa shape index (κ1) is 12.7. The highest BCUT2D eigenvalue weighted by atomic mass is 35.5. The fraction of sp³-hybridized carbons (Fsp3) is 0.417. The monoisotopic (exact) mass is 273 g/mol. The largest absolute Gasteiger partial charge is 0.330 e. The van der Waals surface area contributed by atoms with Crippen LogP contribution in [0.3, 0.4) is 0 Å². The molecule has 17 heavy (non-hydrogen) atoms. The lowest BCUT2D eigenvalue weighted by atomic mass is 10.1. The van der Waals surface area contributed by atoms with Crippen molar-refractivity contribution in [3.63, 3.8) is 0 Å². The van der Waals surface area contributed by atoms with Gasteiger partial charge in [-0.1, -0.05) is 17.7 Å². The van der Waals surface area contributed by atoms with Crippen molar-refractivity contribution < 1.29 is 9.18 Å². The molecule has 1 saturated heterocycles. The van der Waals surface area contributed by atoms with Gasteiger partial charge in [-0.25, -0.2) is 4.39 Å². The fourth-order valence-electron chi connectivity index (χ4n) is 1.87. The van der Waals surface area contributed by atoms with E-state index in [0.29, 0.717) is 10.6 Å². The number of amides is 1. The van der Waals surface area contributed by atoms with E-state index in [1.54, 1.807) is 28.8 Å². The molecule has 1 aliphatic heterocycles. The summed E-state index contributed by atoms with van der Waals surface area (Å²) < 4.78 is 13.5. The van der Waals surface area contributed by atoms with E-state index in [4.69, 9.17) is 11.6 Å². The number of hydrogen-bond donors (Lipinski definition) is 0. The molecule has 0 bridgehead atoms. The van der Waals surface area contributed by atoms with Gasteiger partial charge in [-0.05, 0) is 19.1 Å². The number of carbonyl (C=O) groups is 1. The van der Waals surface area contributed by atoms with Gasteiger partial charge < -0.3 is 4.90 Å². The lowest BCUT2D eigenvalue weighted by molar-refractivity contribution is -0.130. The van der Waals surface area contributed by atoms with Crippen molar-refractivity contribution in [2.24, 2.45) is 0 Å². The average molecular weight is 274 g/mol. The number of carbonyl (C=O) groups excluding carboxylic acids is 1. The van der Waals surface area contributed by atoms with Crippen LogP contribution in [0, 0.1) is 5.82 Å². The van der Waals surface area contributed by atoms with Crippen LogP contribution < -0.4 is 0 Å². The molecule has 1 aliphatic rings.